The molecule has 3 aromatic rings. The molecule has 0 aliphatic carbocycles. The first-order chi connectivity index (χ1) is 11.7. The van der Waals surface area contributed by atoms with Crippen LogP contribution in [0.25, 0.3) is 11.1 Å². The minimum atomic E-state index is -1.01. The molecule has 0 N–H and O–H groups in total. The standard InChI is InChI=1S/C17H19FN4O2/c1-21-7-12(6-19-21)8-22-9-13(18)16(10-22)23-11-17-20-14-4-2-3-5-15(14)24-17/h2-7,13,16H,8-11H2,1H3. The SMILES string of the molecule is Cn1cc(CN2CC(F)C(OCc3nc4ccccc4o3)C2)cn1. The minimum Gasteiger partial charge on any atom is -0.438 e. The topological polar surface area (TPSA) is 56.3 Å². The molecule has 0 bridgehead atoms. The lowest BCUT2D eigenvalue weighted by atomic mass is 10.3. The molecule has 6 nitrogen and oxygen atoms in total. The molecule has 0 amide bonds. The number of aromatic nitrogens is 3. The van der Waals surface area contributed by atoms with Crippen molar-refractivity contribution in [3.63, 3.8) is 0 Å². The van der Waals surface area contributed by atoms with Gasteiger partial charge in [-0.1, -0.05) is 12.1 Å². The molecule has 1 saturated heterocycles. The van der Waals surface area contributed by atoms with Gasteiger partial charge >= 0.3 is 0 Å². The van der Waals surface area contributed by atoms with Crippen LogP contribution in [0.4, 0.5) is 4.39 Å². The summed E-state index contributed by atoms with van der Waals surface area (Å²) in [4.78, 5) is 6.39. The highest BCUT2D eigenvalue weighted by atomic mass is 19.1. The van der Waals surface area contributed by atoms with Crippen LogP contribution in [0.2, 0.25) is 0 Å². The number of ether oxygens (including phenoxy) is 1. The summed E-state index contributed by atoms with van der Waals surface area (Å²) in [7, 11) is 1.87. The number of halogens is 1. The van der Waals surface area contributed by atoms with Crippen LogP contribution in [-0.2, 0) is 24.9 Å². The lowest BCUT2D eigenvalue weighted by Gasteiger charge is -2.14. The van der Waals surface area contributed by atoms with Crippen LogP contribution in [0.3, 0.4) is 0 Å². The van der Waals surface area contributed by atoms with Crippen molar-refractivity contribution in [1.29, 1.82) is 0 Å². The zero-order valence-electron chi connectivity index (χ0n) is 13.4. The number of nitrogens with zero attached hydrogens (tertiary/aromatic N) is 4. The molecule has 0 radical (unpaired) electrons. The van der Waals surface area contributed by atoms with E-state index in [0.717, 1.165) is 16.7 Å². The van der Waals surface area contributed by atoms with Crippen LogP contribution < -0.4 is 0 Å². The summed E-state index contributed by atoms with van der Waals surface area (Å²) >= 11 is 0. The lowest BCUT2D eigenvalue weighted by Crippen LogP contribution is -2.24. The normalized spacial score (nSPS) is 21.8. The maximum atomic E-state index is 14.2. The Balaban J connectivity index is 1.34. The predicted octanol–water partition coefficient (Wildman–Crippen LogP) is 2.30. The second kappa shape index (κ2) is 6.33. The zero-order chi connectivity index (χ0) is 16.5. The van der Waals surface area contributed by atoms with Crippen LogP contribution in [0.1, 0.15) is 11.5 Å². The van der Waals surface area contributed by atoms with Gasteiger partial charge in [0.1, 0.15) is 24.4 Å². The fourth-order valence-corrected chi connectivity index (χ4v) is 3.07. The van der Waals surface area contributed by atoms with Gasteiger partial charge in [0.05, 0.1) is 6.20 Å². The number of likely N-dealkylation sites (tertiary alicyclic amines) is 1. The average molecular weight is 330 g/mol. The number of aryl methyl sites for hydroxylation is 1. The van der Waals surface area contributed by atoms with Gasteiger partial charge in [-0.3, -0.25) is 9.58 Å². The van der Waals surface area contributed by atoms with Gasteiger partial charge in [-0.05, 0) is 12.1 Å². The van der Waals surface area contributed by atoms with Crippen molar-refractivity contribution in [2.24, 2.45) is 7.05 Å². The van der Waals surface area contributed by atoms with Gasteiger partial charge in [0, 0.05) is 38.4 Å². The van der Waals surface area contributed by atoms with Crippen LogP contribution in [0.15, 0.2) is 41.1 Å². The third-order valence-corrected chi connectivity index (χ3v) is 4.20. The van der Waals surface area contributed by atoms with Crippen molar-refractivity contribution < 1.29 is 13.5 Å². The molecular formula is C17H19FN4O2. The van der Waals surface area contributed by atoms with Crippen molar-refractivity contribution in [3.05, 3.63) is 48.1 Å². The van der Waals surface area contributed by atoms with E-state index in [1.807, 2.05) is 42.4 Å². The molecule has 2 unspecified atom stereocenters. The predicted molar refractivity (Wildman–Crippen MR) is 86.0 cm³/mol. The van der Waals surface area contributed by atoms with Gasteiger partial charge in [-0.25, -0.2) is 9.37 Å². The highest BCUT2D eigenvalue weighted by Crippen LogP contribution is 2.21. The van der Waals surface area contributed by atoms with Crippen molar-refractivity contribution in [2.45, 2.75) is 25.4 Å². The summed E-state index contributed by atoms with van der Waals surface area (Å²) in [6.45, 7) is 1.78. The van der Waals surface area contributed by atoms with Gasteiger partial charge in [-0.15, -0.1) is 0 Å². The van der Waals surface area contributed by atoms with E-state index < -0.39 is 12.3 Å². The van der Waals surface area contributed by atoms with Crippen LogP contribution >= 0.6 is 0 Å². The summed E-state index contributed by atoms with van der Waals surface area (Å²) < 4.78 is 27.3. The third kappa shape index (κ3) is 3.18. The minimum absolute atomic E-state index is 0.181. The quantitative estimate of drug-likeness (QED) is 0.718. The Morgan fingerprint density at radius 3 is 3.00 bits per heavy atom. The Morgan fingerprint density at radius 2 is 2.21 bits per heavy atom. The Hall–Kier alpha value is -2.25. The van der Waals surface area contributed by atoms with E-state index in [1.54, 1.807) is 10.9 Å². The van der Waals surface area contributed by atoms with E-state index >= 15 is 0 Å². The molecule has 0 saturated carbocycles. The van der Waals surface area contributed by atoms with Gasteiger partial charge in [0.2, 0.25) is 5.89 Å². The molecule has 4 rings (SSSR count). The number of oxazole rings is 1. The molecular weight excluding hydrogens is 311 g/mol. The lowest BCUT2D eigenvalue weighted by molar-refractivity contribution is 0.00239. The Bertz CT molecular complexity index is 798. The zero-order valence-corrected chi connectivity index (χ0v) is 13.4. The molecule has 1 aromatic carbocycles. The van der Waals surface area contributed by atoms with Crippen molar-refractivity contribution in [1.82, 2.24) is 19.7 Å². The summed E-state index contributed by atoms with van der Waals surface area (Å²) in [5, 5.41) is 4.14. The number of hydrogen-bond acceptors (Lipinski definition) is 5. The number of hydrogen-bond donors (Lipinski definition) is 0. The molecule has 1 aliphatic heterocycles. The Labute approximate surface area is 138 Å². The van der Waals surface area contributed by atoms with E-state index in [4.69, 9.17) is 9.15 Å². The Kier molecular flexibility index (Phi) is 4.03. The highest BCUT2D eigenvalue weighted by Gasteiger charge is 2.34. The summed E-state index contributed by atoms with van der Waals surface area (Å²) in [5.41, 5.74) is 2.58. The third-order valence-electron chi connectivity index (χ3n) is 4.20. The van der Waals surface area contributed by atoms with E-state index in [2.05, 4.69) is 10.1 Å². The van der Waals surface area contributed by atoms with Crippen LogP contribution in [0.5, 0.6) is 0 Å². The molecule has 0 spiro atoms. The number of rotatable bonds is 5. The van der Waals surface area contributed by atoms with E-state index in [0.29, 0.717) is 25.5 Å². The first-order valence-electron chi connectivity index (χ1n) is 7.97. The molecule has 1 aliphatic rings. The van der Waals surface area contributed by atoms with Gasteiger partial charge in [0.15, 0.2) is 5.58 Å². The number of fused-ring (bicyclic) bond motifs is 1. The first kappa shape index (κ1) is 15.3. The number of benzene rings is 1. The van der Waals surface area contributed by atoms with Gasteiger partial charge in [0.25, 0.3) is 0 Å². The summed E-state index contributed by atoms with van der Waals surface area (Å²) in [6.07, 6.45) is 2.28. The largest absolute Gasteiger partial charge is 0.438 e. The van der Waals surface area contributed by atoms with Crippen LogP contribution in [0, 0.1) is 0 Å². The van der Waals surface area contributed by atoms with Gasteiger partial charge < -0.3 is 9.15 Å². The average Bonchev–Trinajstić information content (AvgIpc) is 3.24. The van der Waals surface area contributed by atoms with Crippen molar-refractivity contribution in [2.75, 3.05) is 13.1 Å². The molecule has 24 heavy (non-hydrogen) atoms. The number of para-hydroxylation sites is 2. The molecule has 2 atom stereocenters. The fourth-order valence-electron chi connectivity index (χ4n) is 3.07. The summed E-state index contributed by atoms with van der Waals surface area (Å²) in [6, 6.07) is 7.53. The Morgan fingerprint density at radius 1 is 1.33 bits per heavy atom. The highest BCUT2D eigenvalue weighted by molar-refractivity contribution is 5.72. The second-order valence-electron chi connectivity index (χ2n) is 6.16. The van der Waals surface area contributed by atoms with E-state index in [1.165, 1.54) is 0 Å². The van der Waals surface area contributed by atoms with Crippen LogP contribution in [-0.4, -0.2) is 45.0 Å². The number of alkyl halides is 1. The van der Waals surface area contributed by atoms with Crippen molar-refractivity contribution in [3.8, 4) is 0 Å². The van der Waals surface area contributed by atoms with Crippen molar-refractivity contribution >= 4 is 11.1 Å². The summed E-state index contributed by atoms with van der Waals surface area (Å²) in [5.74, 6) is 0.481. The fraction of sp³-hybridized carbons (Fsp3) is 0.412. The molecule has 7 heteroatoms. The molecule has 126 valence electrons. The molecule has 2 aromatic heterocycles. The monoisotopic (exact) mass is 330 g/mol. The second-order valence-corrected chi connectivity index (χ2v) is 6.16. The maximum Gasteiger partial charge on any atom is 0.221 e. The smallest absolute Gasteiger partial charge is 0.221 e. The molecule has 3 heterocycles. The van der Waals surface area contributed by atoms with Gasteiger partial charge in [-0.2, -0.15) is 5.10 Å². The maximum absolute atomic E-state index is 14.2. The molecule has 1 fully saturated rings. The first-order valence-corrected chi connectivity index (χ1v) is 7.97. The van der Waals surface area contributed by atoms with E-state index in [-0.39, 0.29) is 6.61 Å². The van der Waals surface area contributed by atoms with E-state index in [9.17, 15) is 4.39 Å².